The van der Waals surface area contributed by atoms with Gasteiger partial charge in [0.05, 0.1) is 21.4 Å². The van der Waals surface area contributed by atoms with E-state index in [0.717, 1.165) is 5.52 Å². The van der Waals surface area contributed by atoms with Crippen LogP contribution in [0.15, 0.2) is 18.5 Å². The van der Waals surface area contributed by atoms with Crippen LogP contribution < -0.4 is 0 Å². The Kier molecular flexibility index (Phi) is 2.54. The lowest BCUT2D eigenvalue weighted by atomic mass is 10.2. The van der Waals surface area contributed by atoms with Gasteiger partial charge in [-0.3, -0.25) is 4.98 Å². The molecule has 0 unspecified atom stereocenters. The molecule has 0 spiro atoms. The van der Waals surface area contributed by atoms with Gasteiger partial charge in [-0.05, 0) is 6.07 Å². The highest BCUT2D eigenvalue weighted by Gasteiger charge is 2.05. The zero-order valence-electron chi connectivity index (χ0n) is 9.11. The fourth-order valence-electron chi connectivity index (χ4n) is 1.04. The summed E-state index contributed by atoms with van der Waals surface area (Å²) < 4.78 is 6.98. The van der Waals surface area contributed by atoms with Crippen LogP contribution in [-0.4, -0.2) is 9.97 Å². The molecule has 2 heterocycles. The number of hydrogen-bond acceptors (Lipinski definition) is 3. The molecule has 0 aliphatic rings. The van der Waals surface area contributed by atoms with Gasteiger partial charge in [0.2, 0.25) is 0 Å². The first kappa shape index (κ1) is 8.63. The van der Waals surface area contributed by atoms with Crippen LogP contribution in [0.5, 0.6) is 0 Å². The van der Waals surface area contributed by atoms with Crippen LogP contribution in [0.2, 0.25) is 0 Å². The summed E-state index contributed by atoms with van der Waals surface area (Å²) in [6, 6.07) is 2.01. The van der Waals surface area contributed by atoms with Gasteiger partial charge in [0.25, 0.3) is 0 Å². The van der Waals surface area contributed by atoms with Crippen molar-refractivity contribution in [2.75, 3.05) is 0 Å². The third-order valence-electron chi connectivity index (χ3n) is 1.70. The van der Waals surface area contributed by atoms with Crippen molar-refractivity contribution in [2.24, 2.45) is 0 Å². The summed E-state index contributed by atoms with van der Waals surface area (Å²) in [5.41, 5.74) is 1.02. The van der Waals surface area contributed by atoms with Crippen LogP contribution in [0, 0.1) is 0 Å². The molecule has 0 saturated carbocycles. The smallest absolute Gasteiger partial charge is 0.0998 e. The molecule has 0 N–H and O–H groups in total. The molecule has 0 fully saturated rings. The Morgan fingerprint density at radius 2 is 2.31 bits per heavy atom. The van der Waals surface area contributed by atoms with E-state index < -0.39 is 0 Å². The predicted octanol–water partition coefficient (Wildman–Crippen LogP) is 3.45. The average molecular weight is 196 g/mol. The van der Waals surface area contributed by atoms with E-state index in [1.807, 2.05) is 18.5 Å². The molecule has 0 aliphatic carbocycles. The lowest BCUT2D eigenvalue weighted by Crippen LogP contribution is -1.82. The third-order valence-corrected chi connectivity index (χ3v) is 3.04. The van der Waals surface area contributed by atoms with Crippen LogP contribution in [0.25, 0.3) is 10.2 Å². The van der Waals surface area contributed by atoms with Crippen molar-refractivity contribution in [3.05, 3.63) is 23.5 Å². The van der Waals surface area contributed by atoms with Crippen molar-refractivity contribution in [1.29, 1.82) is 0 Å². The lowest BCUT2D eigenvalue weighted by molar-refractivity contribution is 0.856. The van der Waals surface area contributed by atoms with E-state index in [-0.39, 0.29) is 0 Å². The Bertz CT molecular complexity index is 365. The fraction of sp³-hybridized carbons (Fsp3) is 0.400. The van der Waals surface area contributed by atoms with Crippen LogP contribution in [-0.2, 0) is 0 Å². The van der Waals surface area contributed by atoms with Crippen molar-refractivity contribution in [2.45, 2.75) is 27.2 Å². The summed E-state index contributed by atoms with van der Waals surface area (Å²) in [5.74, 6) is 0.516. The summed E-state index contributed by atoms with van der Waals surface area (Å²) in [6.07, 6.45) is 3.63. The molecule has 3 heteroatoms. The molecule has 2 aromatic heterocycles. The SMILES string of the molecule is CC(C)c1nc2cnccc2s1.[3H]C. The summed E-state index contributed by atoms with van der Waals surface area (Å²) in [7, 11) is 1.25. The highest BCUT2D eigenvalue weighted by molar-refractivity contribution is 7.18. The summed E-state index contributed by atoms with van der Waals surface area (Å²) in [5, 5.41) is 1.19. The molecule has 2 aromatic rings. The Morgan fingerprint density at radius 3 is 2.92 bits per heavy atom. The van der Waals surface area contributed by atoms with Crippen LogP contribution >= 0.6 is 11.3 Å². The second-order valence-corrected chi connectivity index (χ2v) is 4.11. The van der Waals surface area contributed by atoms with Gasteiger partial charge in [-0.15, -0.1) is 11.3 Å². The van der Waals surface area contributed by atoms with Crippen molar-refractivity contribution in [1.82, 2.24) is 9.97 Å². The Labute approximate surface area is 84.1 Å². The van der Waals surface area contributed by atoms with Gasteiger partial charge in [-0.2, -0.15) is 0 Å². The van der Waals surface area contributed by atoms with Crippen molar-refractivity contribution in [3.63, 3.8) is 0 Å². The van der Waals surface area contributed by atoms with Gasteiger partial charge in [0.15, 0.2) is 0 Å². The van der Waals surface area contributed by atoms with Gasteiger partial charge in [-0.25, -0.2) is 4.98 Å². The highest BCUT2D eigenvalue weighted by atomic mass is 32.1. The Morgan fingerprint density at radius 1 is 1.54 bits per heavy atom. The molecule has 70 valence electrons. The molecule has 0 radical (unpaired) electrons. The summed E-state index contributed by atoms with van der Waals surface area (Å²) >= 11 is 1.75. The number of thiazole rings is 1. The van der Waals surface area contributed by atoms with E-state index in [1.54, 1.807) is 11.3 Å². The van der Waals surface area contributed by atoms with E-state index in [1.165, 1.54) is 17.1 Å². The third kappa shape index (κ3) is 1.86. The van der Waals surface area contributed by atoms with E-state index >= 15 is 0 Å². The molecule has 0 aliphatic heterocycles. The van der Waals surface area contributed by atoms with Crippen molar-refractivity contribution in [3.8, 4) is 0 Å². The first-order valence-electron chi connectivity index (χ1n) is 4.98. The zero-order valence-corrected chi connectivity index (χ0v) is 8.93. The Hall–Kier alpha value is -0.960. The molecule has 13 heavy (non-hydrogen) atoms. The minimum Gasteiger partial charge on any atom is -0.262 e. The van der Waals surface area contributed by atoms with Gasteiger partial charge in [0.1, 0.15) is 0 Å². The maximum Gasteiger partial charge on any atom is 0.0998 e. The second kappa shape index (κ2) is 3.83. The van der Waals surface area contributed by atoms with Gasteiger partial charge in [0, 0.05) is 13.5 Å². The van der Waals surface area contributed by atoms with Crippen molar-refractivity contribution < 1.29 is 1.37 Å². The molecule has 2 nitrogen and oxygen atoms in total. The maximum atomic E-state index is 5.75. The number of aromatic nitrogens is 2. The summed E-state index contributed by atoms with van der Waals surface area (Å²) in [4.78, 5) is 8.50. The second-order valence-electron chi connectivity index (χ2n) is 3.05. The fourth-order valence-corrected chi connectivity index (χ4v) is 1.98. The van der Waals surface area contributed by atoms with Crippen LogP contribution in [0.1, 0.15) is 33.5 Å². The van der Waals surface area contributed by atoms with Gasteiger partial charge in [-0.1, -0.05) is 21.3 Å². The normalized spacial score (nSPS) is 10.9. The van der Waals surface area contributed by atoms with E-state index in [0.29, 0.717) is 5.92 Å². The molecule has 0 bridgehead atoms. The number of hydrogen-bond donors (Lipinski definition) is 0. The minimum absolute atomic E-state index is 0.516. The topological polar surface area (TPSA) is 25.8 Å². The zero-order chi connectivity index (χ0) is 10.6. The Balaban J connectivity index is 0.000000461. The highest BCUT2D eigenvalue weighted by Crippen LogP contribution is 2.25. The first-order valence-corrected chi connectivity index (χ1v) is 4.79. The number of pyridine rings is 1. The number of nitrogens with zero attached hydrogens (tertiary/aromatic N) is 2. The molecule has 0 amide bonds. The van der Waals surface area contributed by atoms with Gasteiger partial charge >= 0.3 is 0 Å². The average Bonchev–Trinajstić information content (AvgIpc) is 2.64. The van der Waals surface area contributed by atoms with E-state index in [9.17, 15) is 0 Å². The molecule has 0 atom stereocenters. The lowest BCUT2D eigenvalue weighted by Gasteiger charge is -1.94. The molecular weight excluding hydrogens is 180 g/mol. The molecule has 0 saturated heterocycles. The van der Waals surface area contributed by atoms with Crippen LogP contribution in [0.3, 0.4) is 0 Å². The van der Waals surface area contributed by atoms with Crippen LogP contribution in [0.4, 0.5) is 0 Å². The predicted molar refractivity (Wildman–Crippen MR) is 58.2 cm³/mol. The largest absolute Gasteiger partial charge is 0.262 e. The standard InChI is InChI=1S/C9H10N2S.CH4/c1-6(2)9-11-7-5-10-4-3-8(7)12-9;/h3-6H,1-2H3;1H4/i;1T. The monoisotopic (exact) mass is 196 g/mol. The number of rotatable bonds is 1. The summed E-state index contributed by atoms with van der Waals surface area (Å²) in [6.45, 7) is 4.32. The first-order chi connectivity index (χ1) is 6.77. The minimum atomic E-state index is 0.516. The quantitative estimate of drug-likeness (QED) is 0.698. The molecular formula is C10H14N2S. The maximum absolute atomic E-state index is 5.75. The number of fused-ring (bicyclic) bond motifs is 1. The van der Waals surface area contributed by atoms with Crippen molar-refractivity contribution >= 4 is 21.6 Å². The molecule has 2 rings (SSSR count). The van der Waals surface area contributed by atoms with Gasteiger partial charge < -0.3 is 0 Å². The van der Waals surface area contributed by atoms with E-state index in [4.69, 9.17) is 1.37 Å². The molecule has 0 aromatic carbocycles. The van der Waals surface area contributed by atoms with E-state index in [2.05, 4.69) is 23.8 Å².